The van der Waals surface area contributed by atoms with Gasteiger partial charge < -0.3 is 9.64 Å². The van der Waals surface area contributed by atoms with Crippen molar-refractivity contribution in [3.63, 3.8) is 0 Å². The first-order valence-corrected chi connectivity index (χ1v) is 12.2. The molecular formula is C23H25ClN4O3S. The summed E-state index contributed by atoms with van der Waals surface area (Å²) in [5.41, 5.74) is 2.05. The van der Waals surface area contributed by atoms with Crippen LogP contribution in [-0.4, -0.2) is 48.4 Å². The summed E-state index contributed by atoms with van der Waals surface area (Å²) in [5.74, 6) is 1.58. The van der Waals surface area contributed by atoms with E-state index in [2.05, 4.69) is 9.97 Å². The predicted octanol–water partition coefficient (Wildman–Crippen LogP) is 4.44. The van der Waals surface area contributed by atoms with Gasteiger partial charge in [-0.1, -0.05) is 35.4 Å². The van der Waals surface area contributed by atoms with Gasteiger partial charge in [0.15, 0.2) is 0 Å². The van der Waals surface area contributed by atoms with E-state index in [1.807, 2.05) is 49.9 Å². The number of hydrogen-bond acceptors (Lipinski definition) is 6. The molecule has 9 heteroatoms. The van der Waals surface area contributed by atoms with Gasteiger partial charge in [-0.25, -0.2) is 18.4 Å². The number of nitrogens with zero attached hydrogens (tertiary/aromatic N) is 4. The summed E-state index contributed by atoms with van der Waals surface area (Å²) in [7, 11) is -3.56. The second kappa shape index (κ2) is 9.05. The molecule has 4 rings (SSSR count). The van der Waals surface area contributed by atoms with Gasteiger partial charge in [-0.2, -0.15) is 4.31 Å². The largest absolute Gasteiger partial charge is 0.437 e. The molecule has 0 amide bonds. The minimum atomic E-state index is -3.56. The Kier molecular flexibility index (Phi) is 6.37. The number of anilines is 1. The number of hydrogen-bond donors (Lipinski definition) is 0. The Bertz CT molecular complexity index is 1220. The Labute approximate surface area is 193 Å². The van der Waals surface area contributed by atoms with Crippen molar-refractivity contribution in [2.75, 3.05) is 24.5 Å². The van der Waals surface area contributed by atoms with Gasteiger partial charge in [-0.05, 0) is 50.6 Å². The fourth-order valence-corrected chi connectivity index (χ4v) is 5.48. The number of rotatable bonds is 5. The van der Waals surface area contributed by atoms with Gasteiger partial charge in [0.2, 0.25) is 15.9 Å². The predicted molar refractivity (Wildman–Crippen MR) is 125 cm³/mol. The Morgan fingerprint density at radius 1 is 1.00 bits per heavy atom. The monoisotopic (exact) mass is 472 g/mol. The molecule has 1 fully saturated rings. The molecule has 2 aromatic carbocycles. The lowest BCUT2D eigenvalue weighted by atomic mass is 10.2. The first-order valence-electron chi connectivity index (χ1n) is 10.3. The summed E-state index contributed by atoms with van der Waals surface area (Å²) in [6.07, 6.45) is 1.44. The molecule has 1 atom stereocenters. The van der Waals surface area contributed by atoms with Crippen LogP contribution in [0, 0.1) is 13.8 Å². The number of ether oxygens (including phenoxy) is 1. The molecule has 1 aliphatic heterocycles. The van der Waals surface area contributed by atoms with E-state index in [1.165, 1.54) is 6.33 Å². The zero-order chi connectivity index (χ0) is 22.9. The molecule has 1 saturated heterocycles. The van der Waals surface area contributed by atoms with Gasteiger partial charge in [0, 0.05) is 31.7 Å². The zero-order valence-electron chi connectivity index (χ0n) is 18.2. The molecule has 0 spiro atoms. The van der Waals surface area contributed by atoms with Gasteiger partial charge in [-0.15, -0.1) is 0 Å². The Balaban J connectivity index is 1.49. The van der Waals surface area contributed by atoms with Crippen LogP contribution in [0.1, 0.15) is 18.1 Å². The van der Waals surface area contributed by atoms with Crippen molar-refractivity contribution < 1.29 is 13.2 Å². The number of halogens is 1. The minimum absolute atomic E-state index is 0.222. The summed E-state index contributed by atoms with van der Waals surface area (Å²) < 4.78 is 33.7. The van der Waals surface area contributed by atoms with E-state index in [4.69, 9.17) is 16.3 Å². The van der Waals surface area contributed by atoms with Crippen LogP contribution >= 0.6 is 11.6 Å². The topological polar surface area (TPSA) is 75.6 Å². The van der Waals surface area contributed by atoms with Crippen LogP contribution in [0.3, 0.4) is 0 Å². The van der Waals surface area contributed by atoms with Crippen molar-refractivity contribution in [1.82, 2.24) is 14.3 Å². The van der Waals surface area contributed by atoms with E-state index in [0.717, 1.165) is 11.1 Å². The van der Waals surface area contributed by atoms with Gasteiger partial charge >= 0.3 is 0 Å². The Hall–Kier alpha value is -2.68. The van der Waals surface area contributed by atoms with Crippen LogP contribution in [0.25, 0.3) is 0 Å². The lowest BCUT2D eigenvalue weighted by Crippen LogP contribution is -2.54. The van der Waals surface area contributed by atoms with Crippen LogP contribution < -0.4 is 9.64 Å². The van der Waals surface area contributed by atoms with E-state index >= 15 is 0 Å². The molecule has 3 aromatic rings. The van der Waals surface area contributed by atoms with Gasteiger partial charge in [0.05, 0.1) is 9.92 Å². The summed E-state index contributed by atoms with van der Waals surface area (Å²) in [5, 5.41) is 0.499. The minimum Gasteiger partial charge on any atom is -0.437 e. The zero-order valence-corrected chi connectivity index (χ0v) is 19.8. The molecule has 32 heavy (non-hydrogen) atoms. The number of aryl methyl sites for hydroxylation is 2. The lowest BCUT2D eigenvalue weighted by molar-refractivity contribution is 0.305. The molecule has 0 radical (unpaired) electrons. The molecule has 0 saturated carbocycles. The van der Waals surface area contributed by atoms with E-state index in [0.29, 0.717) is 47.0 Å². The van der Waals surface area contributed by atoms with Gasteiger partial charge in [0.25, 0.3) is 0 Å². The normalized spacial score (nSPS) is 17.4. The summed E-state index contributed by atoms with van der Waals surface area (Å²) in [4.78, 5) is 10.9. The molecule has 0 aliphatic carbocycles. The quantitative estimate of drug-likeness (QED) is 0.546. The lowest BCUT2D eigenvalue weighted by Gasteiger charge is -2.39. The molecule has 2 heterocycles. The number of aromatic nitrogens is 2. The van der Waals surface area contributed by atoms with E-state index in [9.17, 15) is 8.42 Å². The van der Waals surface area contributed by atoms with Crippen molar-refractivity contribution in [3.05, 3.63) is 71.0 Å². The van der Waals surface area contributed by atoms with E-state index in [-0.39, 0.29) is 6.04 Å². The van der Waals surface area contributed by atoms with Crippen LogP contribution in [0.4, 0.5) is 5.82 Å². The molecule has 0 bridgehead atoms. The third kappa shape index (κ3) is 4.72. The summed E-state index contributed by atoms with van der Waals surface area (Å²) >= 11 is 6.23. The van der Waals surface area contributed by atoms with Gasteiger partial charge in [0.1, 0.15) is 17.9 Å². The van der Waals surface area contributed by atoms with Crippen LogP contribution in [-0.2, 0) is 10.0 Å². The SMILES string of the molecule is Cc1ccc(S(=O)(=O)N2CCN(c3cc(Oc4cc(C)ccc4Cl)ncn3)C[C@H]2C)cc1. The third-order valence-electron chi connectivity index (χ3n) is 5.45. The Morgan fingerprint density at radius 3 is 2.44 bits per heavy atom. The highest BCUT2D eigenvalue weighted by atomic mass is 35.5. The average molecular weight is 473 g/mol. The first-order chi connectivity index (χ1) is 15.2. The molecule has 7 nitrogen and oxygen atoms in total. The molecule has 1 aromatic heterocycles. The summed E-state index contributed by atoms with van der Waals surface area (Å²) in [6.45, 7) is 7.18. The highest BCUT2D eigenvalue weighted by Crippen LogP contribution is 2.31. The maximum atomic E-state index is 13.1. The molecule has 1 aliphatic rings. The average Bonchev–Trinajstić information content (AvgIpc) is 2.76. The molecule has 168 valence electrons. The fourth-order valence-electron chi connectivity index (χ4n) is 3.71. The fraction of sp³-hybridized carbons (Fsp3) is 0.304. The third-order valence-corrected chi connectivity index (χ3v) is 7.79. The summed E-state index contributed by atoms with van der Waals surface area (Å²) in [6, 6.07) is 14.0. The van der Waals surface area contributed by atoms with Crippen molar-refractivity contribution in [2.45, 2.75) is 31.7 Å². The molecule has 0 N–H and O–H groups in total. The van der Waals surface area contributed by atoms with Crippen molar-refractivity contribution in [1.29, 1.82) is 0 Å². The van der Waals surface area contributed by atoms with Crippen LogP contribution in [0.2, 0.25) is 5.02 Å². The number of piperazine rings is 1. The van der Waals surface area contributed by atoms with Crippen LogP contribution in [0.15, 0.2) is 59.8 Å². The van der Waals surface area contributed by atoms with Crippen LogP contribution in [0.5, 0.6) is 11.6 Å². The second-order valence-electron chi connectivity index (χ2n) is 7.97. The van der Waals surface area contributed by atoms with Crippen molar-refractivity contribution in [2.24, 2.45) is 0 Å². The Morgan fingerprint density at radius 2 is 1.72 bits per heavy atom. The second-order valence-corrected chi connectivity index (χ2v) is 10.3. The molecule has 0 unspecified atom stereocenters. The standard InChI is InChI=1S/C23H25ClN4O3S/c1-16-4-7-19(8-5-16)32(29,30)28-11-10-27(14-18(28)3)22-13-23(26-15-25-22)31-21-12-17(2)6-9-20(21)24/h4-9,12-13,15,18H,10-11,14H2,1-3H3/t18-/m1/s1. The van der Waals surface area contributed by atoms with Gasteiger partial charge in [-0.3, -0.25) is 0 Å². The molecular weight excluding hydrogens is 448 g/mol. The maximum absolute atomic E-state index is 13.1. The van der Waals surface area contributed by atoms with E-state index in [1.54, 1.807) is 28.6 Å². The van der Waals surface area contributed by atoms with Crippen molar-refractivity contribution in [3.8, 4) is 11.6 Å². The number of sulfonamides is 1. The highest BCUT2D eigenvalue weighted by molar-refractivity contribution is 7.89. The highest BCUT2D eigenvalue weighted by Gasteiger charge is 2.34. The maximum Gasteiger partial charge on any atom is 0.243 e. The number of benzene rings is 2. The smallest absolute Gasteiger partial charge is 0.243 e. The van der Waals surface area contributed by atoms with E-state index < -0.39 is 10.0 Å². The van der Waals surface area contributed by atoms with Crippen molar-refractivity contribution >= 4 is 27.4 Å². The first kappa shape index (κ1) is 22.5.